The molecule has 10 heteroatoms. The molecule has 1 aliphatic rings. The molecule has 184 valence electrons. The Balaban J connectivity index is 1.33. The molecule has 4 N–H and O–H groups in total. The van der Waals surface area contributed by atoms with E-state index in [-0.39, 0.29) is 17.9 Å². The van der Waals surface area contributed by atoms with Crippen LogP contribution >= 0.6 is 11.3 Å². The first-order chi connectivity index (χ1) is 18.0. The molecular weight excluding hydrogens is 486 g/mol. The van der Waals surface area contributed by atoms with Gasteiger partial charge < -0.3 is 16.0 Å². The van der Waals surface area contributed by atoms with Gasteiger partial charge in [0.15, 0.2) is 5.78 Å². The first-order valence-electron chi connectivity index (χ1n) is 11.9. The molecule has 1 aliphatic heterocycles. The molecule has 0 saturated heterocycles. The first-order valence-corrected chi connectivity index (χ1v) is 12.7. The molecule has 9 nitrogen and oxygen atoms in total. The summed E-state index contributed by atoms with van der Waals surface area (Å²) in [5.74, 6) is -0.00708. The molecule has 0 aliphatic carbocycles. The zero-order valence-electron chi connectivity index (χ0n) is 20.1. The second kappa shape index (κ2) is 9.14. The summed E-state index contributed by atoms with van der Waals surface area (Å²) in [4.78, 5) is 34.0. The van der Waals surface area contributed by atoms with Gasteiger partial charge in [-0.1, -0.05) is 13.0 Å². The number of anilines is 3. The lowest BCUT2D eigenvalue weighted by Gasteiger charge is -2.12. The first kappa shape index (κ1) is 22.9. The molecule has 0 radical (unpaired) electrons. The Labute approximate surface area is 216 Å². The number of amides is 1. The van der Waals surface area contributed by atoms with Gasteiger partial charge in [0, 0.05) is 40.2 Å². The van der Waals surface area contributed by atoms with Crippen molar-refractivity contribution in [3.05, 3.63) is 71.8 Å². The molecule has 5 heterocycles. The summed E-state index contributed by atoms with van der Waals surface area (Å²) in [6, 6.07) is 11.7. The van der Waals surface area contributed by atoms with Crippen LogP contribution in [0.25, 0.3) is 32.5 Å². The highest BCUT2D eigenvalue weighted by Gasteiger charge is 2.28. The van der Waals surface area contributed by atoms with Gasteiger partial charge in [0.05, 0.1) is 45.5 Å². The zero-order valence-corrected chi connectivity index (χ0v) is 20.9. The van der Waals surface area contributed by atoms with Crippen LogP contribution in [-0.2, 0) is 4.79 Å². The number of benzene rings is 1. The number of fused-ring (bicyclic) bond motifs is 2. The van der Waals surface area contributed by atoms with E-state index in [1.807, 2.05) is 43.5 Å². The monoisotopic (exact) mass is 509 g/mol. The van der Waals surface area contributed by atoms with Crippen LogP contribution < -0.4 is 16.0 Å². The van der Waals surface area contributed by atoms with Gasteiger partial charge >= 0.3 is 0 Å². The van der Waals surface area contributed by atoms with Crippen molar-refractivity contribution in [2.24, 2.45) is 0 Å². The van der Waals surface area contributed by atoms with Crippen LogP contribution in [0.2, 0.25) is 0 Å². The van der Waals surface area contributed by atoms with Gasteiger partial charge in [-0.25, -0.2) is 0 Å². The summed E-state index contributed by atoms with van der Waals surface area (Å²) in [6.45, 7) is 3.39. The van der Waals surface area contributed by atoms with Gasteiger partial charge in [0.25, 0.3) is 0 Å². The quantitative estimate of drug-likeness (QED) is 0.212. The van der Waals surface area contributed by atoms with Crippen molar-refractivity contribution in [2.75, 3.05) is 16.0 Å². The number of Topliss-reactive ketones (excluding diaryl/α,β-unsaturated/α-hetero) is 1. The Kier molecular flexibility index (Phi) is 5.65. The predicted molar refractivity (Wildman–Crippen MR) is 146 cm³/mol. The highest BCUT2D eigenvalue weighted by Crippen LogP contribution is 2.44. The number of pyridine rings is 2. The third-order valence-corrected chi connectivity index (χ3v) is 7.52. The molecule has 0 spiro atoms. The average molecular weight is 510 g/mol. The van der Waals surface area contributed by atoms with Crippen molar-refractivity contribution in [2.45, 2.75) is 26.4 Å². The summed E-state index contributed by atoms with van der Waals surface area (Å²) in [5, 5.41) is 18.6. The maximum Gasteiger partial charge on any atom is 0.224 e. The molecule has 37 heavy (non-hydrogen) atoms. The van der Waals surface area contributed by atoms with Crippen molar-refractivity contribution in [3.8, 4) is 21.6 Å². The van der Waals surface area contributed by atoms with Crippen LogP contribution in [0.15, 0.2) is 61.2 Å². The summed E-state index contributed by atoms with van der Waals surface area (Å²) < 4.78 is 0. The van der Waals surface area contributed by atoms with Gasteiger partial charge in [0.1, 0.15) is 6.17 Å². The number of H-pyrrole nitrogens is 1. The number of nitrogens with zero attached hydrogens (tertiary/aromatic N) is 3. The Morgan fingerprint density at radius 2 is 1.86 bits per heavy atom. The lowest BCUT2D eigenvalue weighted by molar-refractivity contribution is -0.115. The van der Waals surface area contributed by atoms with E-state index in [4.69, 9.17) is 0 Å². The summed E-state index contributed by atoms with van der Waals surface area (Å²) in [6.07, 6.45) is 7.17. The Morgan fingerprint density at radius 3 is 2.68 bits per heavy atom. The van der Waals surface area contributed by atoms with Crippen LogP contribution in [0.5, 0.6) is 0 Å². The molecule has 5 aromatic rings. The van der Waals surface area contributed by atoms with Crippen molar-refractivity contribution < 1.29 is 9.59 Å². The number of hydrogen-bond acceptors (Lipinski definition) is 8. The van der Waals surface area contributed by atoms with Crippen LogP contribution in [0.3, 0.4) is 0 Å². The molecule has 6 rings (SSSR count). The molecular formula is C27H23N7O2S. The second-order valence-corrected chi connectivity index (χ2v) is 9.87. The largest absolute Gasteiger partial charge is 0.358 e. The highest BCUT2D eigenvalue weighted by atomic mass is 32.1. The number of aromatic nitrogens is 4. The molecule has 0 fully saturated rings. The van der Waals surface area contributed by atoms with Crippen molar-refractivity contribution in [3.63, 3.8) is 0 Å². The fourth-order valence-corrected chi connectivity index (χ4v) is 5.33. The van der Waals surface area contributed by atoms with E-state index in [2.05, 4.69) is 42.2 Å². The van der Waals surface area contributed by atoms with E-state index in [1.54, 1.807) is 25.5 Å². The van der Waals surface area contributed by atoms with Crippen molar-refractivity contribution in [1.82, 2.24) is 20.2 Å². The fourth-order valence-electron chi connectivity index (χ4n) is 4.41. The van der Waals surface area contributed by atoms with Crippen molar-refractivity contribution in [1.29, 1.82) is 0 Å². The number of carbonyl (C=O) groups excluding carboxylic acids is 2. The van der Waals surface area contributed by atoms with Crippen molar-refractivity contribution >= 4 is 51.0 Å². The maximum absolute atomic E-state index is 11.8. The lowest BCUT2D eigenvalue weighted by Crippen LogP contribution is -2.13. The highest BCUT2D eigenvalue weighted by molar-refractivity contribution is 7.17. The van der Waals surface area contributed by atoms with Gasteiger partial charge in [-0.15, -0.1) is 11.3 Å². The van der Waals surface area contributed by atoms with Gasteiger partial charge in [-0.3, -0.25) is 24.7 Å². The topological polar surface area (TPSA) is 125 Å². The lowest BCUT2D eigenvalue weighted by atomic mass is 10.0. The zero-order chi connectivity index (χ0) is 25.5. The van der Waals surface area contributed by atoms with Crippen LogP contribution in [0, 0.1) is 0 Å². The van der Waals surface area contributed by atoms with E-state index in [0.717, 1.165) is 54.4 Å². The van der Waals surface area contributed by atoms with Crippen LogP contribution in [0.4, 0.5) is 17.1 Å². The average Bonchev–Trinajstić information content (AvgIpc) is 3.66. The van der Waals surface area contributed by atoms with E-state index in [1.165, 1.54) is 11.3 Å². The number of rotatable bonds is 6. The SMILES string of the molecule is CCC(=O)Nc1cncc(-c2ccc3n[nH]c(C4Nc5cncc(-c6ccc(C(C)=O)s6)c5N4)c3c2)c1. The number of nitrogens with one attached hydrogen (secondary N) is 4. The molecule has 0 saturated carbocycles. The molecule has 1 aromatic carbocycles. The number of thiophene rings is 1. The van der Waals surface area contributed by atoms with E-state index < -0.39 is 0 Å². The van der Waals surface area contributed by atoms with Gasteiger partial charge in [0.2, 0.25) is 5.91 Å². The smallest absolute Gasteiger partial charge is 0.224 e. The molecule has 1 unspecified atom stereocenters. The normalized spacial score (nSPS) is 14.2. The summed E-state index contributed by atoms with van der Waals surface area (Å²) >= 11 is 1.46. The number of hydrogen-bond donors (Lipinski definition) is 4. The number of carbonyl (C=O) groups is 2. The van der Waals surface area contributed by atoms with Gasteiger partial charge in [-0.05, 0) is 42.8 Å². The Bertz CT molecular complexity index is 1670. The standard InChI is InChI=1S/C27H23N7O2S/c1-3-24(36)30-17-8-16(10-28-11-17)15-4-5-20-18(9-15)26(34-33-20)27-31-21-13-29-12-19(25(21)32-27)23-7-6-22(37-23)14(2)35/h4-13,27,31-32H,3H2,1-2H3,(H,30,36)(H,33,34). The van der Waals surface area contributed by atoms with E-state index >= 15 is 0 Å². The summed E-state index contributed by atoms with van der Waals surface area (Å²) in [5.41, 5.74) is 6.98. The number of ketones is 1. The van der Waals surface area contributed by atoms with E-state index in [0.29, 0.717) is 12.1 Å². The third kappa shape index (κ3) is 4.21. The predicted octanol–water partition coefficient (Wildman–Crippen LogP) is 5.84. The minimum Gasteiger partial charge on any atom is -0.358 e. The Morgan fingerprint density at radius 1 is 1.00 bits per heavy atom. The maximum atomic E-state index is 11.8. The molecule has 1 amide bonds. The fraction of sp³-hybridized carbons (Fsp3) is 0.148. The molecule has 0 bridgehead atoms. The van der Waals surface area contributed by atoms with Crippen LogP contribution in [-0.4, -0.2) is 31.9 Å². The van der Waals surface area contributed by atoms with Gasteiger partial charge in [-0.2, -0.15) is 5.10 Å². The minimum absolute atomic E-state index is 0.0500. The summed E-state index contributed by atoms with van der Waals surface area (Å²) in [7, 11) is 0. The minimum atomic E-state index is -0.251. The van der Waals surface area contributed by atoms with Crippen LogP contribution in [0.1, 0.15) is 41.8 Å². The second-order valence-electron chi connectivity index (χ2n) is 8.78. The van der Waals surface area contributed by atoms with E-state index in [9.17, 15) is 9.59 Å². The Hall–Kier alpha value is -4.57. The molecule has 4 aromatic heterocycles. The number of aromatic amines is 1. The molecule has 1 atom stereocenters. The third-order valence-electron chi connectivity index (χ3n) is 6.30.